The monoisotopic (exact) mass is 441 g/mol. The Morgan fingerprint density at radius 2 is 1.97 bits per heavy atom. The van der Waals surface area contributed by atoms with Crippen molar-refractivity contribution in [1.82, 2.24) is 0 Å². The number of hydrogen-bond acceptors (Lipinski definition) is 5. The van der Waals surface area contributed by atoms with Gasteiger partial charge < -0.3 is 9.84 Å². The van der Waals surface area contributed by atoms with Gasteiger partial charge in [0.25, 0.3) is 0 Å². The summed E-state index contributed by atoms with van der Waals surface area (Å²) in [7, 11) is 0. The Labute approximate surface area is 190 Å². The molecule has 0 aliphatic heterocycles. The Hall–Kier alpha value is -2.89. The minimum absolute atomic E-state index is 0.0748. The van der Waals surface area contributed by atoms with E-state index in [0.29, 0.717) is 12.0 Å². The van der Waals surface area contributed by atoms with E-state index in [1.807, 2.05) is 26.8 Å². The predicted molar refractivity (Wildman–Crippen MR) is 127 cm³/mol. The first-order valence-electron chi connectivity index (χ1n) is 10.7. The summed E-state index contributed by atoms with van der Waals surface area (Å²) in [4.78, 5) is 27.8. The molecule has 32 heavy (non-hydrogen) atoms. The molecular formula is C25H35N3O4. The molecule has 174 valence electrons. The van der Waals surface area contributed by atoms with Crippen molar-refractivity contribution in [3.8, 4) is 0 Å². The van der Waals surface area contributed by atoms with Gasteiger partial charge in [-0.2, -0.15) is 0 Å². The molecule has 1 aliphatic rings. The van der Waals surface area contributed by atoms with Crippen LogP contribution in [-0.4, -0.2) is 35.1 Å². The maximum absolute atomic E-state index is 12.7. The Morgan fingerprint density at radius 3 is 2.56 bits per heavy atom. The smallest absolute Gasteiger partial charge is 0.331 e. The first kappa shape index (κ1) is 27.1. The third-order valence-corrected chi connectivity index (χ3v) is 5.17. The van der Waals surface area contributed by atoms with Crippen molar-refractivity contribution < 1.29 is 19.4 Å². The third kappa shape index (κ3) is 9.50. The quantitative estimate of drug-likeness (QED) is 0.136. The molecule has 0 aromatic carbocycles. The van der Waals surface area contributed by atoms with E-state index in [-0.39, 0.29) is 17.7 Å². The molecule has 1 N–H and O–H groups in total. The molecule has 0 aromatic rings. The summed E-state index contributed by atoms with van der Waals surface area (Å²) >= 11 is 0. The lowest BCUT2D eigenvalue weighted by Crippen LogP contribution is -2.39. The van der Waals surface area contributed by atoms with Crippen LogP contribution in [0, 0.1) is 5.41 Å². The second-order valence-corrected chi connectivity index (χ2v) is 9.16. The summed E-state index contributed by atoms with van der Waals surface area (Å²) < 4.78 is 5.54. The second kappa shape index (κ2) is 12.2. The Morgan fingerprint density at radius 1 is 1.28 bits per heavy atom. The van der Waals surface area contributed by atoms with Gasteiger partial charge >= 0.3 is 5.97 Å². The minimum atomic E-state index is -1.62. The molecule has 0 saturated carbocycles. The molecule has 0 amide bonds. The van der Waals surface area contributed by atoms with Crippen molar-refractivity contribution in [2.75, 3.05) is 6.54 Å². The van der Waals surface area contributed by atoms with Crippen molar-refractivity contribution in [2.24, 2.45) is 10.5 Å². The number of ketones is 1. The highest BCUT2D eigenvalue weighted by molar-refractivity contribution is 6.04. The zero-order chi connectivity index (χ0) is 24.4. The van der Waals surface area contributed by atoms with E-state index in [1.54, 1.807) is 26.0 Å². The zero-order valence-corrected chi connectivity index (χ0v) is 20.0. The highest BCUT2D eigenvalue weighted by Crippen LogP contribution is 2.33. The maximum atomic E-state index is 12.7. The van der Waals surface area contributed by atoms with E-state index in [2.05, 4.69) is 16.1 Å². The van der Waals surface area contributed by atoms with Gasteiger partial charge in [-0.3, -0.25) is 4.79 Å². The summed E-state index contributed by atoms with van der Waals surface area (Å²) in [5, 5.41) is 14.6. The molecule has 0 radical (unpaired) electrons. The molecule has 0 heterocycles. The van der Waals surface area contributed by atoms with Crippen LogP contribution in [0.2, 0.25) is 0 Å². The van der Waals surface area contributed by atoms with Crippen LogP contribution in [0.3, 0.4) is 0 Å². The number of hydrogen-bond donors (Lipinski definition) is 1. The number of carbonyl (C=O) groups excluding carboxylic acids is 2. The Bertz CT molecular complexity index is 894. The maximum Gasteiger partial charge on any atom is 0.331 e. The summed E-state index contributed by atoms with van der Waals surface area (Å²) in [6, 6.07) is 0. The molecule has 0 unspecified atom stereocenters. The lowest BCUT2D eigenvalue weighted by Gasteiger charge is -2.29. The van der Waals surface area contributed by atoms with Gasteiger partial charge in [0.15, 0.2) is 11.9 Å². The number of ether oxygens (including phenoxy) is 1. The van der Waals surface area contributed by atoms with Gasteiger partial charge in [0.1, 0.15) is 5.60 Å². The normalized spacial score (nSPS) is 29.3. The molecule has 7 nitrogen and oxygen atoms in total. The molecule has 7 heteroatoms. The minimum Gasteiger partial charge on any atom is -0.452 e. The largest absolute Gasteiger partial charge is 0.452 e. The van der Waals surface area contributed by atoms with Crippen LogP contribution in [0.1, 0.15) is 60.8 Å². The van der Waals surface area contributed by atoms with Gasteiger partial charge in [0, 0.05) is 16.6 Å². The number of esters is 1. The fraction of sp³-hybridized carbons (Fsp3) is 0.520. The summed E-state index contributed by atoms with van der Waals surface area (Å²) in [6.45, 7) is 11.1. The number of azide groups is 1. The molecule has 3 atom stereocenters. The molecule has 1 aliphatic carbocycles. The Balaban J connectivity index is 3.45. The highest BCUT2D eigenvalue weighted by atomic mass is 16.6. The zero-order valence-electron chi connectivity index (χ0n) is 20.0. The van der Waals surface area contributed by atoms with Crippen molar-refractivity contribution >= 4 is 11.8 Å². The second-order valence-electron chi connectivity index (χ2n) is 9.16. The molecule has 0 aromatic heterocycles. The van der Waals surface area contributed by atoms with Crippen molar-refractivity contribution in [3.05, 3.63) is 69.7 Å². The van der Waals surface area contributed by atoms with E-state index in [0.717, 1.165) is 18.4 Å². The third-order valence-electron chi connectivity index (χ3n) is 5.17. The van der Waals surface area contributed by atoms with Gasteiger partial charge in [0.05, 0.1) is 6.54 Å². The topological polar surface area (TPSA) is 112 Å². The van der Waals surface area contributed by atoms with Crippen LogP contribution in [0.4, 0.5) is 0 Å². The summed E-state index contributed by atoms with van der Waals surface area (Å²) in [5.41, 5.74) is 9.03. The van der Waals surface area contributed by atoms with Gasteiger partial charge in [-0.1, -0.05) is 41.4 Å². The molecule has 0 bridgehead atoms. The van der Waals surface area contributed by atoms with Gasteiger partial charge in [0.2, 0.25) is 0 Å². The molecule has 0 saturated heterocycles. The first-order valence-corrected chi connectivity index (χ1v) is 10.7. The van der Waals surface area contributed by atoms with Crippen LogP contribution < -0.4 is 0 Å². The lowest BCUT2D eigenvalue weighted by molar-refractivity contribution is -0.148. The SMILES string of the molecule is CC(C)=CCC[C@]1(C)/C=C/[C@@H](OC(=O)C=C(C)C)[C@](C)(O)/C=C/C(=O)/C(CN=[N+]=[N-])=C\C1. The molecule has 0 fully saturated rings. The van der Waals surface area contributed by atoms with Gasteiger partial charge in [-0.15, -0.1) is 0 Å². The lowest BCUT2D eigenvalue weighted by atomic mass is 9.80. The van der Waals surface area contributed by atoms with Crippen LogP contribution in [-0.2, 0) is 14.3 Å². The fourth-order valence-corrected chi connectivity index (χ4v) is 3.17. The molecule has 0 spiro atoms. The van der Waals surface area contributed by atoms with Crippen LogP contribution in [0.15, 0.2) is 64.4 Å². The van der Waals surface area contributed by atoms with E-state index < -0.39 is 17.7 Å². The van der Waals surface area contributed by atoms with Crippen molar-refractivity contribution in [2.45, 2.75) is 72.5 Å². The average Bonchev–Trinajstić information content (AvgIpc) is 2.69. The molecular weight excluding hydrogens is 406 g/mol. The van der Waals surface area contributed by atoms with E-state index in [4.69, 9.17) is 10.3 Å². The van der Waals surface area contributed by atoms with Crippen LogP contribution in [0.5, 0.6) is 0 Å². The number of nitrogens with zero attached hydrogens (tertiary/aromatic N) is 3. The van der Waals surface area contributed by atoms with Crippen molar-refractivity contribution in [3.63, 3.8) is 0 Å². The standard InChI is InChI=1S/C25H35N3O4/c1-18(2)8-7-12-24(5)13-9-20(17-27-28-26)21(29)10-15-25(6,31)22(11-14-24)32-23(30)16-19(3)4/h8-11,14-16,22,31H,7,12-13,17H2,1-6H3/b14-11+,15-10+,20-9-/t22-,24+,25-/m1/s1. The number of carbonyl (C=O) groups is 2. The number of allylic oxidation sites excluding steroid dienone is 6. The van der Waals surface area contributed by atoms with Gasteiger partial charge in [-0.05, 0) is 83.1 Å². The Kier molecular flexibility index (Phi) is 10.4. The van der Waals surface area contributed by atoms with Crippen molar-refractivity contribution in [1.29, 1.82) is 0 Å². The summed E-state index contributed by atoms with van der Waals surface area (Å²) in [6.07, 6.45) is 12.6. The molecule has 1 rings (SSSR count). The van der Waals surface area contributed by atoms with Crippen LogP contribution in [0.25, 0.3) is 10.4 Å². The van der Waals surface area contributed by atoms with E-state index in [1.165, 1.54) is 30.7 Å². The van der Waals surface area contributed by atoms with Crippen LogP contribution >= 0.6 is 0 Å². The first-order chi connectivity index (χ1) is 14.9. The fourth-order valence-electron chi connectivity index (χ4n) is 3.17. The summed E-state index contributed by atoms with van der Waals surface area (Å²) in [5.74, 6) is -0.927. The van der Waals surface area contributed by atoms with E-state index >= 15 is 0 Å². The van der Waals surface area contributed by atoms with Gasteiger partial charge in [-0.25, -0.2) is 4.79 Å². The van der Waals surface area contributed by atoms with E-state index in [9.17, 15) is 14.7 Å². The number of aliphatic hydroxyl groups is 1. The predicted octanol–water partition coefficient (Wildman–Crippen LogP) is 5.69. The highest BCUT2D eigenvalue weighted by Gasteiger charge is 2.32. The number of rotatable bonds is 7. The average molecular weight is 442 g/mol.